The Balaban J connectivity index is 1.97. The van der Waals surface area contributed by atoms with E-state index in [-0.39, 0.29) is 23.0 Å². The molecular weight excluding hydrogens is 415 g/mol. The van der Waals surface area contributed by atoms with E-state index in [0.717, 1.165) is 24.3 Å². The molecule has 1 aromatic carbocycles. The molecule has 1 atom stereocenters. The van der Waals surface area contributed by atoms with E-state index in [9.17, 15) is 31.2 Å². The molecule has 162 valence electrons. The van der Waals surface area contributed by atoms with Crippen molar-refractivity contribution in [2.24, 2.45) is 5.92 Å². The molecule has 1 heterocycles. The summed E-state index contributed by atoms with van der Waals surface area (Å²) in [5.41, 5.74) is -0.0498. The summed E-state index contributed by atoms with van der Waals surface area (Å²) >= 11 is 0. The van der Waals surface area contributed by atoms with Gasteiger partial charge in [-0.1, -0.05) is 13.8 Å². The van der Waals surface area contributed by atoms with Crippen LogP contribution in [0.2, 0.25) is 0 Å². The zero-order valence-electron chi connectivity index (χ0n) is 15.9. The van der Waals surface area contributed by atoms with E-state index >= 15 is 0 Å². The summed E-state index contributed by atoms with van der Waals surface area (Å²) < 4.78 is 68.6. The highest BCUT2D eigenvalue weighted by Crippen LogP contribution is 2.23. The number of hydrogen-bond acceptors (Lipinski definition) is 6. The average Bonchev–Trinajstić information content (AvgIpc) is 2.96. The summed E-state index contributed by atoms with van der Waals surface area (Å²) in [7, 11) is -3.19. The van der Waals surface area contributed by atoms with E-state index in [1.165, 1.54) is 4.90 Å². The molecule has 0 aliphatic carbocycles. The third kappa shape index (κ3) is 7.22. The Kier molecular flexibility index (Phi) is 7.15. The number of ether oxygens (including phenoxy) is 2. The topological polar surface area (TPSA) is 90.0 Å². The zero-order valence-corrected chi connectivity index (χ0v) is 16.8. The molecule has 1 saturated heterocycles. The largest absolute Gasteiger partial charge is 0.573 e. The van der Waals surface area contributed by atoms with Crippen LogP contribution in [-0.4, -0.2) is 62.3 Å². The van der Waals surface area contributed by atoms with Gasteiger partial charge < -0.3 is 14.4 Å². The zero-order chi connectivity index (χ0) is 21.8. The molecule has 7 nitrogen and oxygen atoms in total. The van der Waals surface area contributed by atoms with Gasteiger partial charge in [-0.2, -0.15) is 0 Å². The first-order valence-electron chi connectivity index (χ1n) is 8.89. The second-order valence-corrected chi connectivity index (χ2v) is 9.37. The van der Waals surface area contributed by atoms with Gasteiger partial charge in [0.05, 0.1) is 17.1 Å². The fraction of sp³-hybridized carbons (Fsp3) is 0.556. The van der Waals surface area contributed by atoms with Crippen LogP contribution < -0.4 is 4.74 Å². The summed E-state index contributed by atoms with van der Waals surface area (Å²) in [6.45, 7) is 3.48. The molecule has 1 unspecified atom stereocenters. The van der Waals surface area contributed by atoms with Gasteiger partial charge in [-0.25, -0.2) is 13.2 Å². The van der Waals surface area contributed by atoms with Crippen LogP contribution in [0.4, 0.5) is 13.2 Å². The Morgan fingerprint density at radius 2 is 1.83 bits per heavy atom. The van der Waals surface area contributed by atoms with Crippen LogP contribution in [0, 0.1) is 5.92 Å². The number of hydrogen-bond donors (Lipinski definition) is 0. The third-order valence-corrected chi connectivity index (χ3v) is 5.93. The van der Waals surface area contributed by atoms with Crippen molar-refractivity contribution in [3.05, 3.63) is 29.8 Å². The molecule has 0 bridgehead atoms. The van der Waals surface area contributed by atoms with Gasteiger partial charge in [0.1, 0.15) is 5.75 Å². The number of halogens is 3. The van der Waals surface area contributed by atoms with Crippen LogP contribution in [0.25, 0.3) is 0 Å². The highest BCUT2D eigenvalue weighted by atomic mass is 32.2. The molecule has 1 fully saturated rings. The van der Waals surface area contributed by atoms with E-state index in [4.69, 9.17) is 4.74 Å². The van der Waals surface area contributed by atoms with Crippen LogP contribution >= 0.6 is 0 Å². The van der Waals surface area contributed by atoms with Crippen molar-refractivity contribution in [2.45, 2.75) is 32.7 Å². The smallest absolute Gasteiger partial charge is 0.452 e. The SMILES string of the molecule is CC(C)CN(C(=O)COC(=O)c1ccc(OC(F)(F)F)cc1)C1CCS(=O)(=O)C1. The number of sulfone groups is 1. The maximum absolute atomic E-state index is 12.5. The quantitative estimate of drug-likeness (QED) is 0.609. The highest BCUT2D eigenvalue weighted by molar-refractivity contribution is 7.91. The summed E-state index contributed by atoms with van der Waals surface area (Å²) in [5.74, 6) is -1.94. The normalized spacial score (nSPS) is 18.5. The first kappa shape index (κ1) is 23.0. The Labute approximate surface area is 166 Å². The summed E-state index contributed by atoms with van der Waals surface area (Å²) in [6.07, 6.45) is -4.52. The fourth-order valence-electron chi connectivity index (χ4n) is 2.96. The van der Waals surface area contributed by atoms with Gasteiger partial charge in [0, 0.05) is 12.6 Å². The predicted octanol–water partition coefficient (Wildman–Crippen LogP) is 2.41. The van der Waals surface area contributed by atoms with Crippen LogP contribution in [0.1, 0.15) is 30.6 Å². The van der Waals surface area contributed by atoms with Crippen molar-refractivity contribution in [3.63, 3.8) is 0 Å². The summed E-state index contributed by atoms with van der Waals surface area (Å²) in [4.78, 5) is 26.0. The van der Waals surface area contributed by atoms with E-state index in [1.54, 1.807) is 0 Å². The number of carbonyl (C=O) groups excluding carboxylic acids is 2. The van der Waals surface area contributed by atoms with Crippen LogP contribution in [0.5, 0.6) is 5.75 Å². The molecular formula is C18H22F3NO6S. The molecule has 0 radical (unpaired) electrons. The molecule has 1 amide bonds. The minimum atomic E-state index is -4.85. The lowest BCUT2D eigenvalue weighted by atomic mass is 10.1. The second-order valence-electron chi connectivity index (χ2n) is 7.15. The minimum absolute atomic E-state index is 0.00563. The number of amides is 1. The minimum Gasteiger partial charge on any atom is -0.452 e. The number of esters is 1. The predicted molar refractivity (Wildman–Crippen MR) is 97.0 cm³/mol. The maximum Gasteiger partial charge on any atom is 0.573 e. The molecule has 2 rings (SSSR count). The van der Waals surface area contributed by atoms with E-state index in [2.05, 4.69) is 4.74 Å². The molecule has 1 aliphatic rings. The van der Waals surface area contributed by atoms with Gasteiger partial charge in [0.25, 0.3) is 5.91 Å². The van der Waals surface area contributed by atoms with Crippen LogP contribution in [-0.2, 0) is 19.4 Å². The lowest BCUT2D eigenvalue weighted by Gasteiger charge is -2.29. The van der Waals surface area contributed by atoms with Crippen LogP contribution in [0.3, 0.4) is 0 Å². The first-order chi connectivity index (χ1) is 13.4. The second kappa shape index (κ2) is 9.02. The van der Waals surface area contributed by atoms with Gasteiger partial charge in [0.2, 0.25) is 0 Å². The van der Waals surface area contributed by atoms with Gasteiger partial charge in [-0.05, 0) is 36.6 Å². The number of nitrogens with zero attached hydrogens (tertiary/aromatic N) is 1. The van der Waals surface area contributed by atoms with Crippen molar-refractivity contribution >= 4 is 21.7 Å². The maximum atomic E-state index is 12.5. The monoisotopic (exact) mass is 437 g/mol. The Hall–Kier alpha value is -2.30. The van der Waals surface area contributed by atoms with Crippen molar-refractivity contribution in [2.75, 3.05) is 24.7 Å². The third-order valence-electron chi connectivity index (χ3n) is 4.18. The first-order valence-corrected chi connectivity index (χ1v) is 10.7. The van der Waals surface area contributed by atoms with Crippen molar-refractivity contribution < 1.29 is 40.7 Å². The van der Waals surface area contributed by atoms with E-state index < -0.39 is 46.5 Å². The van der Waals surface area contributed by atoms with Gasteiger partial charge in [0.15, 0.2) is 16.4 Å². The molecule has 0 saturated carbocycles. The Bertz CT molecular complexity index is 836. The van der Waals surface area contributed by atoms with E-state index in [0.29, 0.717) is 13.0 Å². The number of carbonyl (C=O) groups is 2. The van der Waals surface area contributed by atoms with Gasteiger partial charge in [-0.3, -0.25) is 4.79 Å². The molecule has 0 spiro atoms. The molecule has 11 heteroatoms. The average molecular weight is 437 g/mol. The van der Waals surface area contributed by atoms with Gasteiger partial charge >= 0.3 is 12.3 Å². The summed E-state index contributed by atoms with van der Waals surface area (Å²) in [6, 6.07) is 3.63. The standard InChI is InChI=1S/C18H22F3NO6S/c1-12(2)9-22(14-7-8-29(25,26)11-14)16(23)10-27-17(24)13-3-5-15(6-4-13)28-18(19,20)21/h3-6,12,14H,7-11H2,1-2H3. The molecule has 1 aliphatic heterocycles. The molecule has 1 aromatic rings. The Morgan fingerprint density at radius 1 is 1.21 bits per heavy atom. The van der Waals surface area contributed by atoms with E-state index in [1.807, 2.05) is 13.8 Å². The fourth-order valence-corrected chi connectivity index (χ4v) is 4.69. The molecule has 0 aromatic heterocycles. The Morgan fingerprint density at radius 3 is 2.31 bits per heavy atom. The number of rotatable bonds is 7. The van der Waals surface area contributed by atoms with Crippen molar-refractivity contribution in [1.82, 2.24) is 4.90 Å². The highest BCUT2D eigenvalue weighted by Gasteiger charge is 2.35. The lowest BCUT2D eigenvalue weighted by molar-refractivity contribution is -0.274. The molecule has 29 heavy (non-hydrogen) atoms. The number of benzene rings is 1. The lowest BCUT2D eigenvalue weighted by Crippen LogP contribution is -2.45. The summed E-state index contributed by atoms with van der Waals surface area (Å²) in [5, 5.41) is 0. The van der Waals surface area contributed by atoms with Crippen molar-refractivity contribution in [1.29, 1.82) is 0 Å². The number of alkyl halides is 3. The van der Waals surface area contributed by atoms with Gasteiger partial charge in [-0.15, -0.1) is 13.2 Å². The van der Waals surface area contributed by atoms with Crippen LogP contribution in [0.15, 0.2) is 24.3 Å². The van der Waals surface area contributed by atoms with Crippen molar-refractivity contribution in [3.8, 4) is 5.75 Å². The molecule has 0 N–H and O–H groups in total.